The third-order valence-electron chi connectivity index (χ3n) is 3.15. The Labute approximate surface area is 94.0 Å². The minimum atomic E-state index is -1.97. The van der Waals surface area contributed by atoms with Gasteiger partial charge in [-0.05, 0) is 16.6 Å². The summed E-state index contributed by atoms with van der Waals surface area (Å²) in [5.41, 5.74) is 1.32. The molecule has 0 saturated carbocycles. The molecule has 0 aliphatic rings. The zero-order valence-corrected chi connectivity index (χ0v) is 11.7. The van der Waals surface area contributed by atoms with E-state index in [0.29, 0.717) is 16.6 Å². The number of carboxylic acids is 1. The Balaban J connectivity index is 4.88. The number of carboxylic acid groups (broad SMARTS) is 1. The van der Waals surface area contributed by atoms with Crippen LogP contribution in [0.3, 0.4) is 0 Å². The van der Waals surface area contributed by atoms with Gasteiger partial charge in [0.25, 0.3) is 0 Å². The van der Waals surface area contributed by atoms with Gasteiger partial charge in [0.15, 0.2) is 0 Å². The molecule has 15 heavy (non-hydrogen) atoms. The standard InChI is InChI=1S/C11H24O3Si/c1-8(2)15(9(3)4,10(5)6)14-7-11(12)13/h8-10H,7H2,1-6H3,(H,12,13). The van der Waals surface area contributed by atoms with Crippen LogP contribution in [-0.4, -0.2) is 26.0 Å². The van der Waals surface area contributed by atoms with Crippen LogP contribution in [0.4, 0.5) is 0 Å². The Kier molecular flexibility index (Phi) is 5.52. The van der Waals surface area contributed by atoms with Crippen LogP contribution in [0.15, 0.2) is 0 Å². The molecule has 0 aliphatic heterocycles. The molecule has 0 atom stereocenters. The summed E-state index contributed by atoms with van der Waals surface area (Å²) in [6.07, 6.45) is 0. The number of aliphatic carboxylic acids is 1. The Morgan fingerprint density at radius 2 is 1.40 bits per heavy atom. The van der Waals surface area contributed by atoms with E-state index in [2.05, 4.69) is 41.5 Å². The van der Waals surface area contributed by atoms with Gasteiger partial charge in [0.2, 0.25) is 8.32 Å². The van der Waals surface area contributed by atoms with Crippen LogP contribution in [-0.2, 0) is 9.22 Å². The molecular weight excluding hydrogens is 208 g/mol. The summed E-state index contributed by atoms with van der Waals surface area (Å²) in [5.74, 6) is -0.867. The maximum atomic E-state index is 10.6. The molecule has 0 aromatic rings. The molecule has 0 amide bonds. The summed E-state index contributed by atoms with van der Waals surface area (Å²) in [6.45, 7) is 12.7. The molecule has 0 radical (unpaired) electrons. The minimum absolute atomic E-state index is 0.152. The normalized spacial score (nSPS) is 12.9. The molecule has 0 heterocycles. The fraction of sp³-hybridized carbons (Fsp3) is 0.909. The van der Waals surface area contributed by atoms with Gasteiger partial charge in [-0.25, -0.2) is 4.79 Å². The van der Waals surface area contributed by atoms with Gasteiger partial charge < -0.3 is 9.53 Å². The summed E-state index contributed by atoms with van der Waals surface area (Å²) >= 11 is 0. The van der Waals surface area contributed by atoms with E-state index in [1.54, 1.807) is 0 Å². The van der Waals surface area contributed by atoms with Gasteiger partial charge in [-0.3, -0.25) is 0 Å². The average molecular weight is 232 g/mol. The van der Waals surface area contributed by atoms with E-state index in [9.17, 15) is 4.79 Å². The van der Waals surface area contributed by atoms with Crippen molar-refractivity contribution in [2.45, 2.75) is 58.2 Å². The Hall–Kier alpha value is -0.353. The largest absolute Gasteiger partial charge is 0.480 e. The van der Waals surface area contributed by atoms with E-state index >= 15 is 0 Å². The van der Waals surface area contributed by atoms with Crippen LogP contribution in [0.2, 0.25) is 16.6 Å². The van der Waals surface area contributed by atoms with Crippen molar-refractivity contribution in [2.24, 2.45) is 0 Å². The van der Waals surface area contributed by atoms with Gasteiger partial charge in [-0.1, -0.05) is 41.5 Å². The number of carbonyl (C=O) groups is 1. The molecule has 0 fully saturated rings. The van der Waals surface area contributed by atoms with Crippen molar-refractivity contribution >= 4 is 14.3 Å². The zero-order chi connectivity index (χ0) is 12.2. The Morgan fingerprint density at radius 1 is 1.07 bits per heavy atom. The van der Waals surface area contributed by atoms with Gasteiger partial charge in [0.1, 0.15) is 6.61 Å². The summed E-state index contributed by atoms with van der Waals surface area (Å²) in [7, 11) is -1.97. The highest BCUT2D eigenvalue weighted by molar-refractivity contribution is 6.77. The van der Waals surface area contributed by atoms with E-state index in [1.165, 1.54) is 0 Å². The molecule has 3 nitrogen and oxygen atoms in total. The van der Waals surface area contributed by atoms with Crippen LogP contribution < -0.4 is 0 Å². The lowest BCUT2D eigenvalue weighted by atomic mass is 10.5. The first kappa shape index (κ1) is 14.6. The van der Waals surface area contributed by atoms with Crippen LogP contribution >= 0.6 is 0 Å². The third kappa shape index (κ3) is 3.31. The summed E-state index contributed by atoms with van der Waals surface area (Å²) < 4.78 is 5.81. The molecule has 90 valence electrons. The fourth-order valence-corrected chi connectivity index (χ4v) is 8.06. The second-order valence-corrected chi connectivity index (χ2v) is 10.5. The third-order valence-corrected chi connectivity index (χ3v) is 9.21. The topological polar surface area (TPSA) is 46.5 Å². The number of hydrogen-bond donors (Lipinski definition) is 1. The van der Waals surface area contributed by atoms with E-state index in [-0.39, 0.29) is 6.61 Å². The predicted molar refractivity (Wildman–Crippen MR) is 64.6 cm³/mol. The lowest BCUT2D eigenvalue weighted by Gasteiger charge is -2.41. The maximum absolute atomic E-state index is 10.6. The van der Waals surface area contributed by atoms with E-state index in [4.69, 9.17) is 9.53 Å². The summed E-state index contributed by atoms with van der Waals surface area (Å²) in [6, 6.07) is 0. The smallest absolute Gasteiger partial charge is 0.328 e. The van der Waals surface area contributed by atoms with Crippen molar-refractivity contribution < 1.29 is 14.3 Å². The van der Waals surface area contributed by atoms with Crippen LogP contribution in [0, 0.1) is 0 Å². The molecule has 1 N–H and O–H groups in total. The molecule has 0 unspecified atom stereocenters. The molecular formula is C11H24O3Si. The zero-order valence-electron chi connectivity index (χ0n) is 10.7. The number of hydrogen-bond acceptors (Lipinski definition) is 2. The van der Waals surface area contributed by atoms with Crippen molar-refractivity contribution in [3.05, 3.63) is 0 Å². The summed E-state index contributed by atoms with van der Waals surface area (Å²) in [5, 5.41) is 8.72. The van der Waals surface area contributed by atoms with Crippen LogP contribution in [0.5, 0.6) is 0 Å². The second-order valence-electron chi connectivity index (χ2n) is 5.00. The first-order valence-corrected chi connectivity index (χ1v) is 7.74. The first-order chi connectivity index (χ1) is 6.75. The van der Waals surface area contributed by atoms with Crippen molar-refractivity contribution in [3.8, 4) is 0 Å². The predicted octanol–water partition coefficient (Wildman–Crippen LogP) is 3.26. The quantitative estimate of drug-likeness (QED) is 0.715. The van der Waals surface area contributed by atoms with Crippen molar-refractivity contribution in [1.82, 2.24) is 0 Å². The van der Waals surface area contributed by atoms with Gasteiger partial charge in [0, 0.05) is 0 Å². The SMILES string of the molecule is CC(C)[Si](OCC(=O)O)(C(C)C)C(C)C. The second kappa shape index (κ2) is 5.65. The molecule has 0 spiro atoms. The van der Waals surface area contributed by atoms with Crippen molar-refractivity contribution in [3.63, 3.8) is 0 Å². The van der Waals surface area contributed by atoms with Gasteiger partial charge in [0.05, 0.1) is 0 Å². The van der Waals surface area contributed by atoms with Gasteiger partial charge >= 0.3 is 5.97 Å². The highest BCUT2D eigenvalue weighted by atomic mass is 28.4. The molecule has 0 saturated heterocycles. The molecule has 0 aromatic heterocycles. The summed E-state index contributed by atoms with van der Waals surface area (Å²) in [4.78, 5) is 10.6. The van der Waals surface area contributed by atoms with E-state index in [1.807, 2.05) is 0 Å². The lowest BCUT2D eigenvalue weighted by molar-refractivity contribution is -0.139. The van der Waals surface area contributed by atoms with Crippen molar-refractivity contribution in [2.75, 3.05) is 6.61 Å². The molecule has 0 bridgehead atoms. The minimum Gasteiger partial charge on any atom is -0.480 e. The highest BCUT2D eigenvalue weighted by Crippen LogP contribution is 2.41. The fourth-order valence-electron chi connectivity index (χ4n) is 2.69. The monoisotopic (exact) mass is 232 g/mol. The van der Waals surface area contributed by atoms with Gasteiger partial charge in [-0.2, -0.15) is 0 Å². The lowest BCUT2D eigenvalue weighted by Crippen LogP contribution is -2.48. The number of rotatable bonds is 6. The Bertz CT molecular complexity index is 190. The van der Waals surface area contributed by atoms with E-state index in [0.717, 1.165) is 0 Å². The average Bonchev–Trinajstić information content (AvgIpc) is 2.02. The van der Waals surface area contributed by atoms with Crippen LogP contribution in [0.1, 0.15) is 41.5 Å². The van der Waals surface area contributed by atoms with Gasteiger partial charge in [-0.15, -0.1) is 0 Å². The van der Waals surface area contributed by atoms with Crippen molar-refractivity contribution in [1.29, 1.82) is 0 Å². The Morgan fingerprint density at radius 3 is 1.60 bits per heavy atom. The van der Waals surface area contributed by atoms with Crippen LogP contribution in [0.25, 0.3) is 0 Å². The highest BCUT2D eigenvalue weighted by Gasteiger charge is 2.45. The first-order valence-electron chi connectivity index (χ1n) is 5.60. The maximum Gasteiger partial charge on any atom is 0.328 e. The van der Waals surface area contributed by atoms with E-state index < -0.39 is 14.3 Å². The molecule has 0 aromatic carbocycles. The molecule has 4 heteroatoms. The molecule has 0 aliphatic carbocycles. The molecule has 0 rings (SSSR count).